The molecule has 3 rings (SSSR count). The lowest BCUT2D eigenvalue weighted by Crippen LogP contribution is -2.33. The van der Waals surface area contributed by atoms with Crippen molar-refractivity contribution in [2.45, 2.75) is 24.5 Å². The summed E-state index contributed by atoms with van der Waals surface area (Å²) in [5.41, 5.74) is 0.0334. The predicted molar refractivity (Wildman–Crippen MR) is 66.6 cm³/mol. The van der Waals surface area contributed by atoms with Crippen molar-refractivity contribution in [3.8, 4) is 0 Å². The largest absolute Gasteiger partial charge is 0.394 e. The number of anilines is 1. The van der Waals surface area contributed by atoms with E-state index in [1.54, 1.807) is 0 Å². The minimum Gasteiger partial charge on any atom is -0.394 e. The minimum atomic E-state index is -1.33. The fraction of sp³-hybridized carbons (Fsp3) is 0.545. The fourth-order valence-electron chi connectivity index (χ4n) is 2.39. The molecule has 1 saturated heterocycles. The molecule has 0 bridgehead atoms. The number of aliphatic hydroxyl groups excluding tert-OH is 3. The van der Waals surface area contributed by atoms with Crippen LogP contribution in [0.4, 0.5) is 10.6 Å². The number of aromatic nitrogens is 2. The van der Waals surface area contributed by atoms with Gasteiger partial charge in [-0.1, -0.05) is 0 Å². The van der Waals surface area contributed by atoms with Crippen molar-refractivity contribution >= 4 is 17.6 Å². The number of aliphatic hydroxyl groups is 3. The first-order valence-electron chi connectivity index (χ1n) is 6.30. The maximum absolute atomic E-state index is 11.8. The van der Waals surface area contributed by atoms with E-state index in [-0.39, 0.29) is 18.1 Å². The SMILES string of the molecule is O=C1NCC(=O)c2ncn(C3OC(CO)C(O)C3O)c2N1. The summed E-state index contributed by atoms with van der Waals surface area (Å²) in [7, 11) is 0. The van der Waals surface area contributed by atoms with E-state index in [1.165, 1.54) is 10.9 Å². The number of hydrogen-bond donors (Lipinski definition) is 5. The first kappa shape index (κ1) is 13.9. The Morgan fingerprint density at radius 2 is 2.14 bits per heavy atom. The lowest BCUT2D eigenvalue weighted by molar-refractivity contribution is -0.0518. The molecular weight excluding hydrogens is 284 g/mol. The number of imidazole rings is 1. The summed E-state index contributed by atoms with van der Waals surface area (Å²) in [6.45, 7) is -0.662. The van der Waals surface area contributed by atoms with Gasteiger partial charge in [-0.15, -0.1) is 0 Å². The number of ether oxygens (including phenoxy) is 1. The van der Waals surface area contributed by atoms with E-state index in [4.69, 9.17) is 9.84 Å². The molecule has 1 aromatic heterocycles. The molecule has 2 aliphatic heterocycles. The van der Waals surface area contributed by atoms with Gasteiger partial charge in [0, 0.05) is 0 Å². The highest BCUT2D eigenvalue weighted by Crippen LogP contribution is 2.33. The van der Waals surface area contributed by atoms with Gasteiger partial charge in [0.1, 0.15) is 24.1 Å². The number of amides is 2. The Bertz CT molecular complexity index is 587. The molecule has 10 heteroatoms. The minimum absolute atomic E-state index is 0.0334. The molecule has 0 aliphatic carbocycles. The molecule has 0 aromatic carbocycles. The highest BCUT2D eigenvalue weighted by atomic mass is 16.6. The summed E-state index contributed by atoms with van der Waals surface area (Å²) in [5.74, 6) is -0.321. The summed E-state index contributed by atoms with van der Waals surface area (Å²) < 4.78 is 6.60. The maximum Gasteiger partial charge on any atom is 0.320 e. The third kappa shape index (κ3) is 2.17. The van der Waals surface area contributed by atoms with Gasteiger partial charge in [-0.2, -0.15) is 0 Å². The number of urea groups is 1. The molecule has 0 saturated carbocycles. The number of carbonyl (C=O) groups is 2. The third-order valence-corrected chi connectivity index (χ3v) is 3.49. The standard InChI is InChI=1S/C11H14N4O6/c16-2-5-7(18)8(19)10(21-5)15-3-13-6-4(17)1-12-11(20)14-9(6)15/h3,5,7-8,10,16,18-19H,1-2H2,(H2,12,14,20). The van der Waals surface area contributed by atoms with Crippen molar-refractivity contribution in [1.82, 2.24) is 14.9 Å². The lowest BCUT2D eigenvalue weighted by atomic mass is 10.1. The number of hydrogen-bond acceptors (Lipinski definition) is 7. The van der Waals surface area contributed by atoms with Crippen LogP contribution in [0.3, 0.4) is 0 Å². The number of nitrogens with zero attached hydrogens (tertiary/aromatic N) is 2. The van der Waals surface area contributed by atoms with E-state index in [2.05, 4.69) is 15.6 Å². The third-order valence-electron chi connectivity index (χ3n) is 3.49. The Morgan fingerprint density at radius 1 is 1.38 bits per heavy atom. The van der Waals surface area contributed by atoms with E-state index < -0.39 is 43.0 Å². The molecule has 2 aliphatic rings. The molecule has 3 heterocycles. The summed E-state index contributed by atoms with van der Waals surface area (Å²) in [6, 6.07) is -0.587. The molecule has 4 atom stereocenters. The molecule has 10 nitrogen and oxygen atoms in total. The number of ketones is 1. The van der Waals surface area contributed by atoms with Gasteiger partial charge in [-0.05, 0) is 0 Å². The molecule has 2 amide bonds. The predicted octanol–water partition coefficient (Wildman–Crippen LogP) is -2.19. The van der Waals surface area contributed by atoms with Crippen molar-refractivity contribution < 1.29 is 29.6 Å². The summed E-state index contributed by atoms with van der Waals surface area (Å²) >= 11 is 0. The van der Waals surface area contributed by atoms with Crippen LogP contribution in [0.1, 0.15) is 16.7 Å². The topological polar surface area (TPSA) is 146 Å². The van der Waals surface area contributed by atoms with Crippen LogP contribution < -0.4 is 10.6 Å². The smallest absolute Gasteiger partial charge is 0.320 e. The Kier molecular flexibility index (Phi) is 3.37. The van der Waals surface area contributed by atoms with E-state index in [0.29, 0.717) is 0 Å². The molecule has 0 spiro atoms. The van der Waals surface area contributed by atoms with Gasteiger partial charge >= 0.3 is 6.03 Å². The monoisotopic (exact) mass is 298 g/mol. The fourth-order valence-corrected chi connectivity index (χ4v) is 2.39. The number of fused-ring (bicyclic) bond motifs is 1. The average Bonchev–Trinajstić information content (AvgIpc) is 2.95. The van der Waals surface area contributed by atoms with Gasteiger partial charge in [0.15, 0.2) is 11.9 Å². The van der Waals surface area contributed by atoms with Crippen LogP contribution in [0, 0.1) is 0 Å². The van der Waals surface area contributed by atoms with E-state index in [1.807, 2.05) is 0 Å². The molecule has 114 valence electrons. The normalized spacial score (nSPS) is 32.3. The summed E-state index contributed by atoms with van der Waals surface area (Å²) in [5, 5.41) is 33.6. The van der Waals surface area contributed by atoms with Crippen LogP contribution in [-0.2, 0) is 4.74 Å². The Labute approximate surface area is 118 Å². The highest BCUT2D eigenvalue weighted by molar-refractivity contribution is 6.07. The lowest BCUT2D eigenvalue weighted by Gasteiger charge is -2.18. The van der Waals surface area contributed by atoms with Gasteiger partial charge < -0.3 is 25.4 Å². The molecule has 4 unspecified atom stereocenters. The highest BCUT2D eigenvalue weighted by Gasteiger charge is 2.44. The van der Waals surface area contributed by atoms with E-state index in [0.717, 1.165) is 0 Å². The van der Waals surface area contributed by atoms with Crippen molar-refractivity contribution in [3.63, 3.8) is 0 Å². The second-order valence-corrected chi connectivity index (χ2v) is 4.81. The van der Waals surface area contributed by atoms with Crippen LogP contribution in [0.15, 0.2) is 6.33 Å². The van der Waals surface area contributed by atoms with Gasteiger partial charge in [0.25, 0.3) is 0 Å². The van der Waals surface area contributed by atoms with E-state index in [9.17, 15) is 19.8 Å². The zero-order chi connectivity index (χ0) is 15.1. The van der Waals surface area contributed by atoms with Gasteiger partial charge in [-0.3, -0.25) is 14.7 Å². The zero-order valence-electron chi connectivity index (χ0n) is 10.8. The Hall–Kier alpha value is -2.01. The number of nitrogens with one attached hydrogen (secondary N) is 2. The second-order valence-electron chi connectivity index (χ2n) is 4.81. The zero-order valence-corrected chi connectivity index (χ0v) is 10.8. The summed E-state index contributed by atoms with van der Waals surface area (Å²) in [6.07, 6.45) is -3.41. The van der Waals surface area contributed by atoms with Crippen molar-refractivity contribution in [3.05, 3.63) is 12.0 Å². The number of carbonyl (C=O) groups excluding carboxylic acids is 2. The maximum atomic E-state index is 11.8. The molecule has 1 fully saturated rings. The average molecular weight is 298 g/mol. The second kappa shape index (κ2) is 5.07. The quantitative estimate of drug-likeness (QED) is 0.417. The summed E-state index contributed by atoms with van der Waals surface area (Å²) in [4.78, 5) is 27.2. The van der Waals surface area contributed by atoms with Gasteiger partial charge in [0.2, 0.25) is 5.78 Å². The van der Waals surface area contributed by atoms with Crippen LogP contribution in [-0.4, -0.2) is 68.1 Å². The molecule has 1 aromatic rings. The van der Waals surface area contributed by atoms with Crippen molar-refractivity contribution in [2.24, 2.45) is 0 Å². The van der Waals surface area contributed by atoms with Crippen molar-refractivity contribution in [2.75, 3.05) is 18.5 Å². The molecule has 5 N–H and O–H groups in total. The first-order valence-corrected chi connectivity index (χ1v) is 6.30. The van der Waals surface area contributed by atoms with Crippen molar-refractivity contribution in [1.29, 1.82) is 0 Å². The Morgan fingerprint density at radius 3 is 2.81 bits per heavy atom. The van der Waals surface area contributed by atoms with E-state index >= 15 is 0 Å². The van der Waals surface area contributed by atoms with Gasteiger partial charge in [-0.25, -0.2) is 9.78 Å². The number of Topliss-reactive ketones (excluding diaryl/α,β-unsaturated/α-hetero) is 1. The van der Waals surface area contributed by atoms with Crippen LogP contribution in [0.5, 0.6) is 0 Å². The molecule has 21 heavy (non-hydrogen) atoms. The van der Waals surface area contributed by atoms with Crippen LogP contribution in [0.25, 0.3) is 0 Å². The Balaban J connectivity index is 1.97. The van der Waals surface area contributed by atoms with Gasteiger partial charge in [0.05, 0.1) is 19.5 Å². The molecule has 0 radical (unpaired) electrons. The van der Waals surface area contributed by atoms with Crippen LogP contribution in [0.2, 0.25) is 0 Å². The molecular formula is C11H14N4O6. The number of rotatable bonds is 2. The van der Waals surface area contributed by atoms with Crippen LogP contribution >= 0.6 is 0 Å². The first-order chi connectivity index (χ1) is 10.0.